The lowest BCUT2D eigenvalue weighted by Crippen LogP contribution is -2.16. The zero-order chi connectivity index (χ0) is 14.8. The number of halogens is 2. The van der Waals surface area contributed by atoms with Crippen LogP contribution in [-0.4, -0.2) is 13.2 Å². The van der Waals surface area contributed by atoms with E-state index >= 15 is 0 Å². The maximum Gasteiger partial charge on any atom is 0.128 e. The number of rotatable bonds is 5. The van der Waals surface area contributed by atoms with Crippen molar-refractivity contribution in [2.45, 2.75) is 25.4 Å². The fraction of sp³-hybridized carbons (Fsp3) is 0.294. The second-order valence-corrected chi connectivity index (χ2v) is 5.74. The van der Waals surface area contributed by atoms with Crippen molar-refractivity contribution in [3.63, 3.8) is 0 Å². The number of hydrogen-bond donors (Lipinski definition) is 1. The van der Waals surface area contributed by atoms with Crippen molar-refractivity contribution in [2.24, 2.45) is 0 Å². The molecule has 110 valence electrons. The summed E-state index contributed by atoms with van der Waals surface area (Å²) in [6.07, 6.45) is 2.39. The van der Waals surface area contributed by atoms with E-state index in [1.165, 1.54) is 18.9 Å². The predicted molar refractivity (Wildman–Crippen MR) is 83.3 cm³/mol. The molecule has 0 unspecified atom stereocenters. The summed E-state index contributed by atoms with van der Waals surface area (Å²) in [5.41, 5.74) is 2.25. The van der Waals surface area contributed by atoms with Gasteiger partial charge in [0.15, 0.2) is 0 Å². The molecule has 0 heterocycles. The minimum absolute atomic E-state index is 0.206. The molecule has 1 aliphatic carbocycles. The van der Waals surface area contributed by atoms with Gasteiger partial charge in [-0.3, -0.25) is 0 Å². The van der Waals surface area contributed by atoms with Crippen LogP contribution in [0.15, 0.2) is 36.4 Å². The molecule has 2 aromatic rings. The summed E-state index contributed by atoms with van der Waals surface area (Å²) >= 11 is 6.03. The van der Waals surface area contributed by atoms with E-state index in [9.17, 15) is 4.39 Å². The summed E-state index contributed by atoms with van der Waals surface area (Å²) in [4.78, 5) is 0. The Morgan fingerprint density at radius 1 is 1.24 bits per heavy atom. The van der Waals surface area contributed by atoms with Gasteiger partial charge in [0.2, 0.25) is 0 Å². The molecule has 1 N–H and O–H groups in total. The van der Waals surface area contributed by atoms with Crippen LogP contribution >= 0.6 is 11.6 Å². The van der Waals surface area contributed by atoms with E-state index in [-0.39, 0.29) is 5.82 Å². The van der Waals surface area contributed by atoms with Gasteiger partial charge >= 0.3 is 0 Å². The van der Waals surface area contributed by atoms with Crippen LogP contribution in [0.1, 0.15) is 18.4 Å². The van der Waals surface area contributed by atoms with E-state index in [1.54, 1.807) is 25.3 Å². The third-order valence-electron chi connectivity index (χ3n) is 3.68. The van der Waals surface area contributed by atoms with Crippen LogP contribution in [0.3, 0.4) is 0 Å². The molecule has 4 heteroatoms. The Morgan fingerprint density at radius 2 is 2.05 bits per heavy atom. The highest BCUT2D eigenvalue weighted by atomic mass is 35.5. The summed E-state index contributed by atoms with van der Waals surface area (Å²) in [5, 5.41) is 3.92. The van der Waals surface area contributed by atoms with Crippen molar-refractivity contribution in [1.82, 2.24) is 5.32 Å². The minimum atomic E-state index is -0.206. The molecule has 0 saturated heterocycles. The van der Waals surface area contributed by atoms with Gasteiger partial charge in [-0.25, -0.2) is 4.39 Å². The molecule has 0 radical (unpaired) electrons. The van der Waals surface area contributed by atoms with Gasteiger partial charge < -0.3 is 10.1 Å². The molecule has 0 aromatic heterocycles. The first kappa shape index (κ1) is 14.4. The standard InChI is InChI=1S/C17H17ClFNO/c1-21-17-7-4-13(18)9-15(17)11-2-3-12(16(19)8-11)10-20-14-5-6-14/h2-4,7-9,14,20H,5-6,10H2,1H3. The normalized spacial score (nSPS) is 14.2. The molecule has 0 aliphatic heterocycles. The molecule has 0 spiro atoms. The van der Waals surface area contributed by atoms with E-state index in [1.807, 2.05) is 12.1 Å². The number of hydrogen-bond acceptors (Lipinski definition) is 2. The average Bonchev–Trinajstić information content (AvgIpc) is 3.30. The van der Waals surface area contributed by atoms with Crippen LogP contribution in [0.2, 0.25) is 5.02 Å². The number of ether oxygens (including phenoxy) is 1. The van der Waals surface area contributed by atoms with Crippen LogP contribution < -0.4 is 10.1 Å². The Morgan fingerprint density at radius 3 is 2.71 bits per heavy atom. The largest absolute Gasteiger partial charge is 0.496 e. The second-order valence-electron chi connectivity index (χ2n) is 5.31. The summed E-state index contributed by atoms with van der Waals surface area (Å²) < 4.78 is 19.5. The molecular weight excluding hydrogens is 289 g/mol. The first-order chi connectivity index (χ1) is 10.2. The van der Waals surface area contributed by atoms with Crippen molar-refractivity contribution >= 4 is 11.6 Å². The lowest BCUT2D eigenvalue weighted by molar-refractivity contribution is 0.416. The molecule has 2 aromatic carbocycles. The Labute approximate surface area is 128 Å². The van der Waals surface area contributed by atoms with Crippen LogP contribution in [0.5, 0.6) is 5.75 Å². The lowest BCUT2D eigenvalue weighted by atomic mass is 10.0. The van der Waals surface area contributed by atoms with Crippen molar-refractivity contribution in [3.05, 3.63) is 52.8 Å². The quantitative estimate of drug-likeness (QED) is 0.883. The zero-order valence-corrected chi connectivity index (χ0v) is 12.6. The van der Waals surface area contributed by atoms with Crippen molar-refractivity contribution in [3.8, 4) is 16.9 Å². The third-order valence-corrected chi connectivity index (χ3v) is 3.92. The Balaban J connectivity index is 1.88. The molecule has 3 rings (SSSR count). The fourth-order valence-electron chi connectivity index (χ4n) is 2.31. The minimum Gasteiger partial charge on any atom is -0.496 e. The highest BCUT2D eigenvalue weighted by Crippen LogP contribution is 2.33. The van der Waals surface area contributed by atoms with Crippen molar-refractivity contribution in [1.29, 1.82) is 0 Å². The van der Waals surface area contributed by atoms with Gasteiger partial charge in [0, 0.05) is 28.7 Å². The van der Waals surface area contributed by atoms with E-state index in [0.29, 0.717) is 28.9 Å². The topological polar surface area (TPSA) is 21.3 Å². The fourth-order valence-corrected chi connectivity index (χ4v) is 2.48. The van der Waals surface area contributed by atoms with E-state index in [2.05, 4.69) is 5.32 Å². The van der Waals surface area contributed by atoms with Gasteiger partial charge in [0.25, 0.3) is 0 Å². The van der Waals surface area contributed by atoms with E-state index in [4.69, 9.17) is 16.3 Å². The van der Waals surface area contributed by atoms with Crippen LogP contribution in [-0.2, 0) is 6.54 Å². The molecule has 0 atom stereocenters. The van der Waals surface area contributed by atoms with Crippen LogP contribution in [0, 0.1) is 5.82 Å². The van der Waals surface area contributed by atoms with E-state index in [0.717, 1.165) is 11.1 Å². The third kappa shape index (κ3) is 3.36. The van der Waals surface area contributed by atoms with Crippen molar-refractivity contribution in [2.75, 3.05) is 7.11 Å². The van der Waals surface area contributed by atoms with Gasteiger partial charge in [0.05, 0.1) is 7.11 Å². The van der Waals surface area contributed by atoms with E-state index < -0.39 is 0 Å². The van der Waals surface area contributed by atoms with Gasteiger partial charge in [-0.05, 0) is 42.7 Å². The van der Waals surface area contributed by atoms with Crippen LogP contribution in [0.4, 0.5) is 4.39 Å². The molecule has 21 heavy (non-hydrogen) atoms. The first-order valence-corrected chi connectivity index (χ1v) is 7.41. The van der Waals surface area contributed by atoms with Gasteiger partial charge in [-0.2, -0.15) is 0 Å². The zero-order valence-electron chi connectivity index (χ0n) is 11.8. The monoisotopic (exact) mass is 305 g/mol. The lowest BCUT2D eigenvalue weighted by Gasteiger charge is -2.11. The summed E-state index contributed by atoms with van der Waals surface area (Å²) in [5.74, 6) is 0.477. The average molecular weight is 306 g/mol. The Hall–Kier alpha value is -1.58. The maximum atomic E-state index is 14.2. The summed E-state index contributed by atoms with van der Waals surface area (Å²) in [6, 6.07) is 11.2. The highest BCUT2D eigenvalue weighted by molar-refractivity contribution is 6.31. The molecule has 1 fully saturated rings. The van der Waals surface area contributed by atoms with Gasteiger partial charge in [0.1, 0.15) is 11.6 Å². The number of methoxy groups -OCH3 is 1. The van der Waals surface area contributed by atoms with Crippen molar-refractivity contribution < 1.29 is 9.13 Å². The molecule has 0 amide bonds. The maximum absolute atomic E-state index is 14.2. The summed E-state index contributed by atoms with van der Waals surface area (Å²) in [7, 11) is 1.59. The van der Waals surface area contributed by atoms with Crippen LogP contribution in [0.25, 0.3) is 11.1 Å². The van der Waals surface area contributed by atoms with Gasteiger partial charge in [-0.15, -0.1) is 0 Å². The molecule has 2 nitrogen and oxygen atoms in total. The molecule has 1 saturated carbocycles. The number of nitrogens with one attached hydrogen (secondary N) is 1. The number of benzene rings is 2. The SMILES string of the molecule is COc1ccc(Cl)cc1-c1ccc(CNC2CC2)c(F)c1. The molecule has 1 aliphatic rings. The Kier molecular flexibility index (Phi) is 4.13. The second kappa shape index (κ2) is 6.04. The van der Waals surface area contributed by atoms with Gasteiger partial charge in [-0.1, -0.05) is 23.7 Å². The predicted octanol–water partition coefficient (Wildman–Crippen LogP) is 4.41. The molecular formula is C17H17ClFNO. The highest BCUT2D eigenvalue weighted by Gasteiger charge is 2.20. The smallest absolute Gasteiger partial charge is 0.128 e. The molecule has 0 bridgehead atoms. The summed E-state index contributed by atoms with van der Waals surface area (Å²) in [6.45, 7) is 0.573. The Bertz CT molecular complexity index is 655. The first-order valence-electron chi connectivity index (χ1n) is 7.03.